The number of sulfonamides is 1. The largest absolute Gasteiger partial charge is 0.458 e. The van der Waals surface area contributed by atoms with Crippen LogP contribution in [0.25, 0.3) is 10.8 Å². The van der Waals surface area contributed by atoms with Crippen LogP contribution in [0.3, 0.4) is 0 Å². The van der Waals surface area contributed by atoms with E-state index in [0.717, 1.165) is 9.21 Å². The van der Waals surface area contributed by atoms with Crippen molar-refractivity contribution in [2.45, 2.75) is 228 Å². The van der Waals surface area contributed by atoms with Gasteiger partial charge in [0.1, 0.15) is 66.5 Å². The van der Waals surface area contributed by atoms with E-state index in [1.807, 2.05) is 80.5 Å². The van der Waals surface area contributed by atoms with Crippen LogP contribution in [0.4, 0.5) is 5.69 Å². The maximum Gasteiger partial charge on any atom is 0.329 e. The number of likely N-dealkylation sites (N-methyl/N-ethyl adjacent to an activating group) is 7. The Morgan fingerprint density at radius 3 is 1.50 bits per heavy atom. The lowest BCUT2D eigenvalue weighted by molar-refractivity contribution is -0.168. The van der Waals surface area contributed by atoms with Crippen molar-refractivity contribution < 1.29 is 65.9 Å². The number of fused-ring (bicyclic) bond motifs is 1. The fraction of sp³-hybridized carbons (Fsp3) is 0.689. The molecule has 3 rings (SSSR count). The van der Waals surface area contributed by atoms with Gasteiger partial charge in [-0.3, -0.25) is 47.9 Å². The quantitative estimate of drug-likeness (QED) is 0.0997. The van der Waals surface area contributed by atoms with Gasteiger partial charge in [-0.05, 0) is 113 Å². The molecule has 1 aliphatic rings. The standard InChI is InChI=1S/C74H122N12O14S/c1-27-29-32-48(15)64-63(86(26)101(98,99)59-36-31-33-51-52(59)34-30-35-54(51)79(18)19)68(91)77-53(28-2)70(93)80(20)41-60(87)81(21)55(37-42(3)4)67(90)78-61(46(11)12)73(96)82(22)56(38-43(5)6)66(89)75-49(16)65(88)76-50(17)69(92)83(23)57(39-44(7)8)71(94)84(24)58(40-45(9)10)72(95)85(25)62(47(13)14)74(97)100-64/h27,29-31,33-36,42-50,53,55-58,61-64H,28,32,37-41H2,1-26H3,(H,75,89)(H,76,88)(H,77,91)(H,78,90)/b29-27-. The third kappa shape index (κ3) is 22.7. The number of amides is 10. The first-order chi connectivity index (χ1) is 46.8. The number of allylic oxidation sites excluding steroid dienone is 2. The van der Waals surface area contributed by atoms with Gasteiger partial charge in [0, 0.05) is 79.9 Å². The Morgan fingerprint density at radius 1 is 0.535 bits per heavy atom. The van der Waals surface area contributed by atoms with Gasteiger partial charge in [0.15, 0.2) is 0 Å². The molecule has 0 aliphatic carbocycles. The van der Waals surface area contributed by atoms with Crippen molar-refractivity contribution in [1.82, 2.24) is 55.0 Å². The smallest absolute Gasteiger partial charge is 0.329 e. The van der Waals surface area contributed by atoms with Gasteiger partial charge in [-0.1, -0.05) is 133 Å². The number of esters is 1. The van der Waals surface area contributed by atoms with Crippen molar-refractivity contribution in [3.05, 3.63) is 48.6 Å². The summed E-state index contributed by atoms with van der Waals surface area (Å²) in [5.41, 5.74) is 0.697. The van der Waals surface area contributed by atoms with Crippen LogP contribution in [0, 0.1) is 41.4 Å². The van der Waals surface area contributed by atoms with Crippen molar-refractivity contribution in [2.75, 3.05) is 74.9 Å². The Labute approximate surface area is 602 Å². The van der Waals surface area contributed by atoms with Crippen LogP contribution in [0.15, 0.2) is 53.4 Å². The molecule has 0 radical (unpaired) electrons. The average Bonchev–Trinajstić information content (AvgIpc) is 0.759. The molecule has 568 valence electrons. The van der Waals surface area contributed by atoms with Crippen LogP contribution in [-0.2, 0) is 67.5 Å². The number of nitrogens with one attached hydrogen (secondary N) is 4. The van der Waals surface area contributed by atoms with E-state index < -0.39 is 166 Å². The lowest BCUT2D eigenvalue weighted by Gasteiger charge is -2.40. The van der Waals surface area contributed by atoms with E-state index >= 15 is 27.6 Å². The third-order valence-corrected chi connectivity index (χ3v) is 20.8. The van der Waals surface area contributed by atoms with Crippen molar-refractivity contribution >= 4 is 91.5 Å². The second-order valence-electron chi connectivity index (χ2n) is 30.1. The van der Waals surface area contributed by atoms with E-state index in [4.69, 9.17) is 4.74 Å². The summed E-state index contributed by atoms with van der Waals surface area (Å²) in [5, 5.41) is 11.9. The molecule has 12 unspecified atom stereocenters. The van der Waals surface area contributed by atoms with Gasteiger partial charge in [-0.25, -0.2) is 13.2 Å². The molecule has 27 heteroatoms. The SMILES string of the molecule is C/C=C\CC(C)C1OC(=O)C(C(C)C)N(C)C(=O)C(CC(C)C)N(C)C(=O)C(CC(C)C)N(C)C(=O)C(C)NC(=O)C(C)NC(=O)C(CC(C)C)N(C)C(=O)C(C(C)C)NC(=O)C(CC(C)C)N(C)C(=O)CN(C)C(=O)C(CC)NC(=O)C1N(C)S(=O)(=O)c1cccc2c(N(C)C)cccc12. The monoisotopic (exact) mass is 1430 g/mol. The summed E-state index contributed by atoms with van der Waals surface area (Å²) < 4.78 is 38.8. The highest BCUT2D eigenvalue weighted by Gasteiger charge is 2.48. The van der Waals surface area contributed by atoms with E-state index in [1.165, 1.54) is 93.7 Å². The molecular weight excluding hydrogens is 1310 g/mol. The molecular formula is C74H122N12O14S. The van der Waals surface area contributed by atoms with Crippen molar-refractivity contribution in [3.63, 3.8) is 0 Å². The molecule has 2 aromatic carbocycles. The Bertz CT molecular complexity index is 3370. The van der Waals surface area contributed by atoms with Gasteiger partial charge in [0.2, 0.25) is 69.1 Å². The maximum absolute atomic E-state index is 15.8. The molecule has 10 amide bonds. The zero-order chi connectivity index (χ0) is 77.3. The summed E-state index contributed by atoms with van der Waals surface area (Å²) in [6, 6.07) is -3.47. The summed E-state index contributed by atoms with van der Waals surface area (Å²) in [4.78, 5) is 173. The number of rotatable bonds is 18. The molecule has 1 heterocycles. The number of anilines is 1. The number of nitrogens with zero attached hydrogens (tertiary/aromatic N) is 8. The van der Waals surface area contributed by atoms with E-state index in [-0.39, 0.29) is 67.1 Å². The first-order valence-corrected chi connectivity index (χ1v) is 37.0. The molecule has 0 spiro atoms. The van der Waals surface area contributed by atoms with E-state index in [9.17, 15) is 33.6 Å². The fourth-order valence-electron chi connectivity index (χ4n) is 12.8. The Morgan fingerprint density at radius 2 is 1.00 bits per heavy atom. The first kappa shape index (κ1) is 87.5. The predicted molar refractivity (Wildman–Crippen MR) is 393 cm³/mol. The highest BCUT2D eigenvalue weighted by Crippen LogP contribution is 2.34. The van der Waals surface area contributed by atoms with E-state index in [0.29, 0.717) is 16.5 Å². The topological polar surface area (TPSA) is 305 Å². The van der Waals surface area contributed by atoms with Crippen LogP contribution in [0.2, 0.25) is 0 Å². The van der Waals surface area contributed by atoms with Crippen molar-refractivity contribution in [1.29, 1.82) is 0 Å². The third-order valence-electron chi connectivity index (χ3n) is 18.9. The van der Waals surface area contributed by atoms with E-state index in [1.54, 1.807) is 84.9 Å². The normalized spacial score (nSPS) is 25.2. The summed E-state index contributed by atoms with van der Waals surface area (Å²) >= 11 is 0. The van der Waals surface area contributed by atoms with Gasteiger partial charge in [0.05, 0.1) is 11.4 Å². The lowest BCUT2D eigenvalue weighted by Crippen LogP contribution is -2.62. The lowest BCUT2D eigenvalue weighted by atomic mass is 9.92. The van der Waals surface area contributed by atoms with Crippen LogP contribution in [0.5, 0.6) is 0 Å². The average molecular weight is 1440 g/mol. The molecule has 2 aromatic rings. The van der Waals surface area contributed by atoms with E-state index in [2.05, 4.69) is 21.3 Å². The minimum atomic E-state index is -4.81. The summed E-state index contributed by atoms with van der Waals surface area (Å²) in [6.07, 6.45) is 2.31. The minimum Gasteiger partial charge on any atom is -0.458 e. The predicted octanol–water partition coefficient (Wildman–Crippen LogP) is 5.90. The molecule has 4 N–H and O–H groups in total. The second kappa shape index (κ2) is 38.5. The van der Waals surface area contributed by atoms with Crippen LogP contribution < -0.4 is 26.2 Å². The first-order valence-electron chi connectivity index (χ1n) is 35.6. The number of ether oxygens (including phenoxy) is 1. The summed E-state index contributed by atoms with van der Waals surface area (Å²) in [5.74, 6) is -11.2. The highest BCUT2D eigenvalue weighted by atomic mass is 32.2. The fourth-order valence-corrected chi connectivity index (χ4v) is 14.4. The summed E-state index contributed by atoms with van der Waals surface area (Å²) in [7, 11) is 8.42. The maximum atomic E-state index is 15.8. The second-order valence-corrected chi connectivity index (χ2v) is 32.1. The van der Waals surface area contributed by atoms with Gasteiger partial charge >= 0.3 is 5.97 Å². The van der Waals surface area contributed by atoms with Crippen molar-refractivity contribution in [3.8, 4) is 0 Å². The van der Waals surface area contributed by atoms with Gasteiger partial charge in [0.25, 0.3) is 0 Å². The molecule has 1 fully saturated rings. The van der Waals surface area contributed by atoms with Crippen LogP contribution >= 0.6 is 0 Å². The minimum absolute atomic E-state index is 0.0817. The van der Waals surface area contributed by atoms with Gasteiger partial charge in [-0.2, -0.15) is 4.31 Å². The number of carbonyl (C=O) groups is 11. The van der Waals surface area contributed by atoms with Crippen LogP contribution in [0.1, 0.15) is 156 Å². The molecule has 0 saturated carbocycles. The Balaban J connectivity index is 2.49. The molecule has 26 nitrogen and oxygen atoms in total. The molecule has 1 aliphatic heterocycles. The Kier molecular flexibility index (Phi) is 33.4. The molecule has 0 aromatic heterocycles. The number of cyclic esters (lactones) is 1. The van der Waals surface area contributed by atoms with Gasteiger partial charge in [-0.15, -0.1) is 0 Å². The molecule has 12 atom stereocenters. The molecule has 101 heavy (non-hydrogen) atoms. The number of hydrogen-bond acceptors (Lipinski definition) is 15. The molecule has 1 saturated heterocycles. The van der Waals surface area contributed by atoms with Crippen molar-refractivity contribution in [2.24, 2.45) is 41.4 Å². The summed E-state index contributed by atoms with van der Waals surface area (Å²) in [6.45, 7) is 28.9. The van der Waals surface area contributed by atoms with Gasteiger partial charge < -0.3 is 60.3 Å². The zero-order valence-corrected chi connectivity index (χ0v) is 66.0. The highest BCUT2D eigenvalue weighted by molar-refractivity contribution is 7.89. The zero-order valence-electron chi connectivity index (χ0n) is 65.2. The Hall–Kier alpha value is -7.68. The van der Waals surface area contributed by atoms with Crippen LogP contribution in [-0.4, -0.2) is 244 Å². The number of carbonyl (C=O) groups excluding carboxylic acids is 11. The number of benzene rings is 2. The molecule has 0 bridgehead atoms. The number of hydrogen-bond donors (Lipinski definition) is 4.